The molecule has 1 saturated heterocycles. The third kappa shape index (κ3) is 8.70. The van der Waals surface area contributed by atoms with E-state index in [2.05, 4.69) is 29.6 Å². The van der Waals surface area contributed by atoms with Gasteiger partial charge < -0.3 is 25.2 Å². The van der Waals surface area contributed by atoms with Crippen molar-refractivity contribution in [3.63, 3.8) is 0 Å². The average Bonchev–Trinajstić information content (AvgIpc) is 2.89. The molecule has 1 aliphatic carbocycles. The van der Waals surface area contributed by atoms with Crippen molar-refractivity contribution in [2.24, 2.45) is 5.92 Å². The minimum absolute atomic E-state index is 0.00401. The molecule has 0 aromatic rings. The summed E-state index contributed by atoms with van der Waals surface area (Å²) < 4.78 is 5.50. The Labute approximate surface area is 183 Å². The summed E-state index contributed by atoms with van der Waals surface area (Å²) in [6.45, 7) is 8.82. The summed E-state index contributed by atoms with van der Waals surface area (Å²) in [7, 11) is 4.22. The van der Waals surface area contributed by atoms with Gasteiger partial charge in [-0.05, 0) is 79.4 Å². The Morgan fingerprint density at radius 2 is 1.67 bits per heavy atom. The van der Waals surface area contributed by atoms with Crippen LogP contribution < -0.4 is 10.6 Å². The maximum Gasteiger partial charge on any atom is 0.408 e. The molecule has 0 aromatic carbocycles. The number of likely N-dealkylation sites (tertiary alicyclic amines) is 1. The van der Waals surface area contributed by atoms with Crippen molar-refractivity contribution in [3.8, 4) is 0 Å². The molecule has 7 nitrogen and oxygen atoms in total. The maximum absolute atomic E-state index is 12.8. The summed E-state index contributed by atoms with van der Waals surface area (Å²) in [5.41, 5.74) is -0.950. The van der Waals surface area contributed by atoms with Gasteiger partial charge in [0.25, 0.3) is 0 Å². The molecule has 0 aromatic heterocycles. The van der Waals surface area contributed by atoms with E-state index in [0.717, 1.165) is 58.2 Å². The zero-order valence-corrected chi connectivity index (χ0v) is 19.9. The monoisotopic (exact) mass is 424 g/mol. The first kappa shape index (κ1) is 24.8. The van der Waals surface area contributed by atoms with Gasteiger partial charge in [0.1, 0.15) is 5.60 Å². The van der Waals surface area contributed by atoms with E-state index in [1.165, 1.54) is 19.3 Å². The summed E-state index contributed by atoms with van der Waals surface area (Å²) in [5.74, 6) is 0.707. The molecule has 0 spiro atoms. The van der Waals surface area contributed by atoms with Gasteiger partial charge in [0.15, 0.2) is 0 Å². The van der Waals surface area contributed by atoms with Crippen LogP contribution in [-0.2, 0) is 4.74 Å². The van der Waals surface area contributed by atoms with Gasteiger partial charge in [0.05, 0.1) is 5.54 Å². The van der Waals surface area contributed by atoms with E-state index in [1.54, 1.807) is 0 Å². The zero-order valence-electron chi connectivity index (χ0n) is 19.9. The third-order valence-electron chi connectivity index (χ3n) is 6.29. The van der Waals surface area contributed by atoms with E-state index >= 15 is 0 Å². The van der Waals surface area contributed by atoms with Crippen LogP contribution in [0.3, 0.4) is 0 Å². The number of nitrogens with one attached hydrogen (secondary N) is 2. The molecule has 7 heteroatoms. The lowest BCUT2D eigenvalue weighted by molar-refractivity contribution is 0.0440. The molecule has 1 heterocycles. The van der Waals surface area contributed by atoms with E-state index in [-0.39, 0.29) is 12.1 Å². The second kappa shape index (κ2) is 11.2. The smallest absolute Gasteiger partial charge is 0.408 e. The Balaban J connectivity index is 1.87. The molecule has 1 saturated carbocycles. The fraction of sp³-hybridized carbons (Fsp3) is 0.913. The lowest BCUT2D eigenvalue weighted by Gasteiger charge is -2.37. The molecule has 2 aliphatic rings. The first-order chi connectivity index (χ1) is 14.1. The van der Waals surface area contributed by atoms with Crippen LogP contribution in [0.5, 0.6) is 0 Å². The van der Waals surface area contributed by atoms with E-state index in [1.807, 2.05) is 25.7 Å². The minimum atomic E-state index is -0.532. The largest absolute Gasteiger partial charge is 0.444 e. The molecule has 2 rings (SSSR count). The van der Waals surface area contributed by atoms with Crippen LogP contribution in [0.15, 0.2) is 0 Å². The summed E-state index contributed by atoms with van der Waals surface area (Å²) >= 11 is 0. The first-order valence-corrected chi connectivity index (χ1v) is 11.8. The summed E-state index contributed by atoms with van der Waals surface area (Å²) in [6, 6.07) is -0.00401. The number of piperidine rings is 1. The first-order valence-electron chi connectivity index (χ1n) is 11.8. The lowest BCUT2D eigenvalue weighted by atomic mass is 9.90. The Hall–Kier alpha value is -1.50. The minimum Gasteiger partial charge on any atom is -0.444 e. The molecule has 3 amide bonds. The van der Waals surface area contributed by atoms with Crippen LogP contribution in [0.4, 0.5) is 9.59 Å². The van der Waals surface area contributed by atoms with E-state index in [4.69, 9.17) is 4.74 Å². The van der Waals surface area contributed by atoms with Gasteiger partial charge in [0, 0.05) is 19.6 Å². The summed E-state index contributed by atoms with van der Waals surface area (Å²) in [5, 5.41) is 6.25. The van der Waals surface area contributed by atoms with Gasteiger partial charge in [-0.1, -0.05) is 25.7 Å². The fourth-order valence-corrected chi connectivity index (χ4v) is 4.49. The summed E-state index contributed by atoms with van der Waals surface area (Å²) in [6.07, 6.45) is 9.17. The number of rotatable bonds is 6. The van der Waals surface area contributed by atoms with Gasteiger partial charge in [-0.3, -0.25) is 0 Å². The Morgan fingerprint density at radius 3 is 2.20 bits per heavy atom. The highest BCUT2D eigenvalue weighted by Crippen LogP contribution is 2.28. The number of carbonyl (C=O) groups excluding carboxylic acids is 2. The van der Waals surface area contributed by atoms with Crippen LogP contribution in [-0.4, -0.2) is 73.3 Å². The molecule has 0 bridgehead atoms. The number of hydrogen-bond donors (Lipinski definition) is 2. The number of hydrogen-bond acceptors (Lipinski definition) is 4. The van der Waals surface area contributed by atoms with E-state index in [9.17, 15) is 9.59 Å². The van der Waals surface area contributed by atoms with Gasteiger partial charge in [0.2, 0.25) is 0 Å². The van der Waals surface area contributed by atoms with Crippen molar-refractivity contribution in [2.75, 3.05) is 40.3 Å². The highest BCUT2D eigenvalue weighted by molar-refractivity contribution is 5.74. The molecule has 2 N–H and O–H groups in total. The number of urea groups is 1. The van der Waals surface area contributed by atoms with E-state index < -0.39 is 11.1 Å². The average molecular weight is 425 g/mol. The third-order valence-corrected chi connectivity index (χ3v) is 6.29. The molecule has 174 valence electrons. The zero-order chi connectivity index (χ0) is 22.2. The van der Waals surface area contributed by atoms with Crippen LogP contribution in [0.1, 0.15) is 78.6 Å². The normalized spacial score (nSPS) is 20.5. The predicted molar refractivity (Wildman–Crippen MR) is 121 cm³/mol. The number of nitrogens with zero attached hydrogens (tertiary/aromatic N) is 2. The summed E-state index contributed by atoms with van der Waals surface area (Å²) in [4.78, 5) is 29.5. The van der Waals surface area contributed by atoms with E-state index in [0.29, 0.717) is 12.5 Å². The fourth-order valence-electron chi connectivity index (χ4n) is 4.49. The number of amides is 3. The maximum atomic E-state index is 12.8. The Bertz CT molecular complexity index is 543. The molecule has 0 atom stereocenters. The molecular formula is C23H44N4O3. The van der Waals surface area contributed by atoms with Gasteiger partial charge >= 0.3 is 12.1 Å². The highest BCUT2D eigenvalue weighted by atomic mass is 16.6. The van der Waals surface area contributed by atoms with Crippen LogP contribution in [0.2, 0.25) is 0 Å². The Morgan fingerprint density at radius 1 is 1.07 bits per heavy atom. The second-order valence-corrected chi connectivity index (χ2v) is 10.5. The van der Waals surface area contributed by atoms with Gasteiger partial charge in [-0.15, -0.1) is 0 Å². The quantitative estimate of drug-likeness (QED) is 0.633. The van der Waals surface area contributed by atoms with Crippen LogP contribution in [0.25, 0.3) is 0 Å². The molecule has 0 radical (unpaired) electrons. The topological polar surface area (TPSA) is 73.9 Å². The number of carbonyl (C=O) groups is 2. The standard InChI is InChI=1S/C23H44N4O3/c1-22(2,3)30-21(29)25-23(13-8-6-7-9-14-23)18-24-20(28)27-16-11-19(12-17-27)10-15-26(4)5/h19H,6-18H2,1-5H3,(H,24,28)(H,25,29). The molecule has 1 aliphatic heterocycles. The van der Waals surface area contributed by atoms with Gasteiger partial charge in [-0.2, -0.15) is 0 Å². The van der Waals surface area contributed by atoms with Crippen LogP contribution >= 0.6 is 0 Å². The van der Waals surface area contributed by atoms with Crippen molar-refractivity contribution in [3.05, 3.63) is 0 Å². The van der Waals surface area contributed by atoms with Crippen molar-refractivity contribution in [1.29, 1.82) is 0 Å². The molecule has 0 unspecified atom stereocenters. The van der Waals surface area contributed by atoms with Crippen molar-refractivity contribution in [2.45, 2.75) is 89.7 Å². The highest BCUT2D eigenvalue weighted by Gasteiger charge is 2.35. The number of ether oxygens (including phenoxy) is 1. The Kier molecular flexibility index (Phi) is 9.26. The molecule has 30 heavy (non-hydrogen) atoms. The van der Waals surface area contributed by atoms with Gasteiger partial charge in [-0.25, -0.2) is 9.59 Å². The molecular weight excluding hydrogens is 380 g/mol. The second-order valence-electron chi connectivity index (χ2n) is 10.5. The lowest BCUT2D eigenvalue weighted by Crippen LogP contribution is -2.58. The predicted octanol–water partition coefficient (Wildman–Crippen LogP) is 3.98. The van der Waals surface area contributed by atoms with Crippen molar-refractivity contribution in [1.82, 2.24) is 20.4 Å². The number of alkyl carbamates (subject to hydrolysis) is 1. The van der Waals surface area contributed by atoms with Crippen molar-refractivity contribution >= 4 is 12.1 Å². The molecule has 2 fully saturated rings. The van der Waals surface area contributed by atoms with Crippen LogP contribution in [0, 0.1) is 5.92 Å². The van der Waals surface area contributed by atoms with Crippen molar-refractivity contribution < 1.29 is 14.3 Å². The SMILES string of the molecule is CN(C)CCC1CCN(C(=O)NCC2(NC(=O)OC(C)(C)C)CCCCCC2)CC1.